The van der Waals surface area contributed by atoms with Crippen LogP contribution in [0.2, 0.25) is 10.0 Å². The number of hydrogen-bond donors (Lipinski definition) is 2. The van der Waals surface area contributed by atoms with Crippen LogP contribution >= 0.6 is 23.2 Å². The Morgan fingerprint density at radius 1 is 0.939 bits per heavy atom. The second-order valence-electron chi connectivity index (χ2n) is 7.18. The van der Waals surface area contributed by atoms with Crippen LogP contribution in [-0.2, 0) is 6.18 Å². The first-order chi connectivity index (χ1) is 14.9. The fraction of sp³-hybridized carbons (Fsp3) is 0.412. The number of hydrazine groups is 1. The summed E-state index contributed by atoms with van der Waals surface area (Å²) in [7, 11) is 0. The van der Waals surface area contributed by atoms with Gasteiger partial charge in [-0.05, 0) is 26.0 Å². The van der Waals surface area contributed by atoms with E-state index in [1.807, 2.05) is 0 Å². The molecule has 16 heteroatoms. The lowest BCUT2D eigenvalue weighted by Gasteiger charge is -2.36. The number of aliphatic imine (C=N–C) groups is 1. The second-order valence-corrected chi connectivity index (χ2v) is 8.00. The number of alkyl halides is 9. The van der Waals surface area contributed by atoms with Crippen molar-refractivity contribution in [2.75, 3.05) is 5.01 Å². The molecule has 0 radical (unpaired) electrons. The molecule has 0 saturated carbocycles. The number of hydrogen-bond acceptors (Lipinski definition) is 4. The van der Waals surface area contributed by atoms with Gasteiger partial charge in [-0.25, -0.2) is 4.99 Å². The summed E-state index contributed by atoms with van der Waals surface area (Å²) in [5, 5.41) is 9.58. The van der Waals surface area contributed by atoms with E-state index in [4.69, 9.17) is 28.6 Å². The van der Waals surface area contributed by atoms with Crippen LogP contribution in [0.5, 0.6) is 0 Å². The maximum Gasteiger partial charge on any atom is 0.449 e. The maximum absolute atomic E-state index is 13.7. The molecule has 2 heterocycles. The van der Waals surface area contributed by atoms with E-state index in [9.17, 15) is 39.5 Å². The Morgan fingerprint density at radius 2 is 1.45 bits per heavy atom. The van der Waals surface area contributed by atoms with Gasteiger partial charge in [0.05, 0.1) is 26.9 Å². The number of nitrogens with zero attached hydrogens (tertiary/aromatic N) is 3. The summed E-state index contributed by atoms with van der Waals surface area (Å²) >= 11 is 11.9. The highest BCUT2D eigenvalue weighted by molar-refractivity contribution is 6.40. The average molecular weight is 528 g/mol. The molecule has 0 spiro atoms. The third kappa shape index (κ3) is 4.47. The Balaban J connectivity index is 2.29. The lowest BCUT2D eigenvalue weighted by molar-refractivity contribution is -0.137. The highest BCUT2D eigenvalue weighted by Crippen LogP contribution is 2.46. The molecule has 182 valence electrons. The molecule has 0 aromatic heterocycles. The highest BCUT2D eigenvalue weighted by Gasteiger charge is 2.55. The molecule has 1 fully saturated rings. The predicted octanol–water partition coefficient (Wildman–Crippen LogP) is 6.14. The summed E-state index contributed by atoms with van der Waals surface area (Å²) < 4.78 is 120. The van der Waals surface area contributed by atoms with Gasteiger partial charge < -0.3 is 5.32 Å². The molecule has 0 aliphatic carbocycles. The van der Waals surface area contributed by atoms with E-state index < -0.39 is 75.0 Å². The lowest BCUT2D eigenvalue weighted by atomic mass is 10.1. The van der Waals surface area contributed by atoms with Crippen LogP contribution in [0.4, 0.5) is 45.2 Å². The topological polar surface area (TPSA) is 54.7 Å². The van der Waals surface area contributed by atoms with E-state index in [2.05, 4.69) is 4.99 Å². The first-order valence-corrected chi connectivity index (χ1v) is 9.58. The zero-order valence-corrected chi connectivity index (χ0v) is 17.8. The molecule has 2 aliphatic heterocycles. The number of amidine groups is 2. The van der Waals surface area contributed by atoms with Gasteiger partial charge in [0.2, 0.25) is 5.84 Å². The summed E-state index contributed by atoms with van der Waals surface area (Å²) in [5.74, 6) is -2.96. The smallest absolute Gasteiger partial charge is 0.332 e. The van der Waals surface area contributed by atoms with Gasteiger partial charge in [0.15, 0.2) is 6.17 Å². The van der Waals surface area contributed by atoms with E-state index >= 15 is 0 Å². The Morgan fingerprint density at radius 3 is 1.85 bits per heavy atom. The molecule has 2 N–H and O–H groups in total. The number of allylic oxidation sites excluding steroid dienone is 1. The minimum Gasteiger partial charge on any atom is -0.332 e. The van der Waals surface area contributed by atoms with Crippen molar-refractivity contribution in [2.24, 2.45) is 4.99 Å². The van der Waals surface area contributed by atoms with Crippen LogP contribution in [0.15, 0.2) is 28.4 Å². The van der Waals surface area contributed by atoms with E-state index in [1.165, 1.54) is 19.2 Å². The molecule has 1 atom stereocenters. The minimum atomic E-state index is -5.35. The van der Waals surface area contributed by atoms with Crippen molar-refractivity contribution >= 4 is 40.6 Å². The normalized spacial score (nSPS) is 20.4. The first-order valence-electron chi connectivity index (χ1n) is 8.82. The monoisotopic (exact) mass is 527 g/mol. The summed E-state index contributed by atoms with van der Waals surface area (Å²) in [4.78, 5) is 3.32. The molecule has 0 amide bonds. The van der Waals surface area contributed by atoms with Crippen molar-refractivity contribution in [2.45, 2.75) is 44.6 Å². The predicted molar refractivity (Wildman–Crippen MR) is 102 cm³/mol. The quantitative estimate of drug-likeness (QED) is 0.454. The molecule has 1 aromatic rings. The summed E-state index contributed by atoms with van der Waals surface area (Å²) in [6.07, 6.45) is -17.5. The zero-order chi connectivity index (χ0) is 25.3. The minimum absolute atomic E-state index is 0.443. The number of halogens is 11. The van der Waals surface area contributed by atoms with Crippen molar-refractivity contribution in [3.63, 3.8) is 0 Å². The molecule has 1 unspecified atom stereocenters. The third-order valence-corrected chi connectivity index (χ3v) is 5.18. The van der Waals surface area contributed by atoms with Crippen LogP contribution in [0.25, 0.3) is 0 Å². The fourth-order valence-corrected chi connectivity index (χ4v) is 3.99. The van der Waals surface area contributed by atoms with Crippen molar-refractivity contribution in [3.05, 3.63) is 39.0 Å². The molecular weight excluding hydrogens is 516 g/mol. The highest BCUT2D eigenvalue weighted by atomic mass is 35.5. The van der Waals surface area contributed by atoms with Crippen molar-refractivity contribution in [1.29, 1.82) is 5.41 Å². The summed E-state index contributed by atoms with van der Waals surface area (Å²) in [5.41, 5.74) is -4.64. The second kappa shape index (κ2) is 7.94. The average Bonchev–Trinajstić information content (AvgIpc) is 2.91. The van der Waals surface area contributed by atoms with Gasteiger partial charge in [-0.2, -0.15) is 44.5 Å². The number of benzene rings is 1. The molecule has 5 nitrogen and oxygen atoms in total. The number of anilines is 1. The third-order valence-electron chi connectivity index (χ3n) is 4.61. The Bertz CT molecular complexity index is 1030. The van der Waals surface area contributed by atoms with Gasteiger partial charge in [0.1, 0.15) is 11.5 Å². The summed E-state index contributed by atoms with van der Waals surface area (Å²) in [6, 6.07) is -0.00988. The van der Waals surface area contributed by atoms with Crippen LogP contribution in [-0.4, -0.2) is 41.2 Å². The molecule has 1 saturated heterocycles. The lowest BCUT2D eigenvalue weighted by Crippen LogP contribution is -2.50. The van der Waals surface area contributed by atoms with Gasteiger partial charge in [0.25, 0.3) is 0 Å². The number of rotatable bonds is 2. The van der Waals surface area contributed by atoms with E-state index in [-0.39, 0.29) is 0 Å². The van der Waals surface area contributed by atoms with Crippen LogP contribution in [0.3, 0.4) is 0 Å². The van der Waals surface area contributed by atoms with Crippen molar-refractivity contribution in [1.82, 2.24) is 10.3 Å². The number of nitrogens with one attached hydrogen (secondary N) is 2. The van der Waals surface area contributed by atoms with Gasteiger partial charge in [-0.15, -0.1) is 0 Å². The van der Waals surface area contributed by atoms with Gasteiger partial charge in [-0.3, -0.25) is 10.4 Å². The van der Waals surface area contributed by atoms with Crippen LogP contribution in [0.1, 0.15) is 19.4 Å². The molecule has 3 rings (SSSR count). The Kier molecular flexibility index (Phi) is 6.12. The molecule has 2 aliphatic rings. The summed E-state index contributed by atoms with van der Waals surface area (Å²) in [6.45, 7) is 2.74. The number of fused-ring (bicyclic) bond motifs is 1. The van der Waals surface area contributed by atoms with Gasteiger partial charge in [0, 0.05) is 6.04 Å². The largest absolute Gasteiger partial charge is 0.449 e. The van der Waals surface area contributed by atoms with E-state index in [0.29, 0.717) is 17.1 Å². The molecular formula is C17H12Cl2F9N5. The van der Waals surface area contributed by atoms with Gasteiger partial charge in [-0.1, -0.05) is 23.2 Å². The van der Waals surface area contributed by atoms with Crippen LogP contribution < -0.4 is 10.3 Å². The van der Waals surface area contributed by atoms with E-state index in [1.54, 1.807) is 0 Å². The SMILES string of the molecule is CC(C)N1C2N=C(C(F)(F)F)NC(C(F)(F)F)=C2C(=N)N1c1c(Cl)cc(C(F)(F)F)cc1Cl. The molecule has 1 aromatic carbocycles. The maximum atomic E-state index is 13.7. The van der Waals surface area contributed by atoms with Crippen LogP contribution in [0, 0.1) is 5.41 Å². The molecule has 33 heavy (non-hydrogen) atoms. The van der Waals surface area contributed by atoms with Gasteiger partial charge >= 0.3 is 18.5 Å². The van der Waals surface area contributed by atoms with Crippen molar-refractivity contribution in [3.8, 4) is 0 Å². The molecule has 0 bridgehead atoms. The fourth-order valence-electron chi connectivity index (χ4n) is 3.34. The Labute approximate surface area is 189 Å². The van der Waals surface area contributed by atoms with E-state index in [0.717, 1.165) is 5.01 Å². The first kappa shape index (κ1) is 25.4. The standard InChI is InChI=1S/C17H12Cl2F9N5/c1-5(2)32-13-9(11(16(23,24)25)30-14(31-13)17(26,27)28)12(29)33(32)10-7(18)3-6(4-8(10)19)15(20,21)22/h3-5,13,29H,1-2H3,(H,30,31). The zero-order valence-electron chi connectivity index (χ0n) is 16.3. The van der Waals surface area contributed by atoms with Crippen molar-refractivity contribution < 1.29 is 39.5 Å². The Hall–Kier alpha value is -2.19.